The van der Waals surface area contributed by atoms with E-state index in [9.17, 15) is 4.79 Å². The van der Waals surface area contributed by atoms with E-state index in [2.05, 4.69) is 20.8 Å². The maximum absolute atomic E-state index is 12.0. The molecule has 0 aliphatic heterocycles. The van der Waals surface area contributed by atoms with Crippen molar-refractivity contribution in [3.8, 4) is 0 Å². The highest BCUT2D eigenvalue weighted by molar-refractivity contribution is 5.94. The maximum Gasteiger partial charge on any atom is 0.253 e. The Morgan fingerprint density at radius 2 is 1.78 bits per heavy atom. The highest BCUT2D eigenvalue weighted by Gasteiger charge is 2.13. The molecule has 0 saturated heterocycles. The standard InChI is InChI=1S/C13H19NO.C3H8/c1-5-11-7-6-8-12(9-11)13(15)14(4)10(2)3;1-3-2/h6-10H,5H2,1-4H3;3H2,1-2H3. The molecule has 0 spiro atoms. The zero-order valence-electron chi connectivity index (χ0n) is 12.7. The van der Waals surface area contributed by atoms with Crippen LogP contribution in [0.25, 0.3) is 0 Å². The number of hydrogen-bond acceptors (Lipinski definition) is 1. The summed E-state index contributed by atoms with van der Waals surface area (Å²) in [5.74, 6) is 0.0975. The molecule has 0 atom stereocenters. The van der Waals surface area contributed by atoms with Crippen molar-refractivity contribution >= 4 is 5.91 Å². The van der Waals surface area contributed by atoms with Crippen LogP contribution in [0.5, 0.6) is 0 Å². The van der Waals surface area contributed by atoms with Crippen molar-refractivity contribution in [2.75, 3.05) is 7.05 Å². The molecule has 1 aromatic rings. The Balaban J connectivity index is 0.000000873. The first-order valence-corrected chi connectivity index (χ1v) is 6.83. The van der Waals surface area contributed by atoms with Gasteiger partial charge in [0, 0.05) is 18.7 Å². The molecule has 18 heavy (non-hydrogen) atoms. The molecule has 2 nitrogen and oxygen atoms in total. The molecule has 0 bridgehead atoms. The van der Waals surface area contributed by atoms with Gasteiger partial charge in [-0.05, 0) is 38.0 Å². The molecule has 0 unspecified atom stereocenters. The van der Waals surface area contributed by atoms with Crippen molar-refractivity contribution in [1.29, 1.82) is 0 Å². The number of carbonyl (C=O) groups excluding carboxylic acids is 1. The highest BCUT2D eigenvalue weighted by atomic mass is 16.2. The van der Waals surface area contributed by atoms with E-state index < -0.39 is 0 Å². The van der Waals surface area contributed by atoms with Crippen LogP contribution >= 0.6 is 0 Å². The van der Waals surface area contributed by atoms with Gasteiger partial charge in [-0.15, -0.1) is 0 Å². The van der Waals surface area contributed by atoms with Gasteiger partial charge in [-0.1, -0.05) is 39.3 Å². The Hall–Kier alpha value is -1.31. The van der Waals surface area contributed by atoms with Crippen molar-refractivity contribution < 1.29 is 4.79 Å². The minimum Gasteiger partial charge on any atom is -0.339 e. The molecule has 0 radical (unpaired) electrons. The van der Waals surface area contributed by atoms with Crippen molar-refractivity contribution in [1.82, 2.24) is 4.90 Å². The van der Waals surface area contributed by atoms with E-state index in [0.29, 0.717) is 0 Å². The van der Waals surface area contributed by atoms with Crippen molar-refractivity contribution in [3.05, 3.63) is 35.4 Å². The summed E-state index contributed by atoms with van der Waals surface area (Å²) in [6.07, 6.45) is 2.21. The maximum atomic E-state index is 12.0. The van der Waals surface area contributed by atoms with Crippen LogP contribution in [-0.4, -0.2) is 23.9 Å². The van der Waals surface area contributed by atoms with E-state index in [1.165, 1.54) is 12.0 Å². The largest absolute Gasteiger partial charge is 0.339 e. The molecule has 1 amide bonds. The van der Waals surface area contributed by atoms with Crippen LogP contribution in [0.2, 0.25) is 0 Å². The van der Waals surface area contributed by atoms with Crippen LogP contribution in [0, 0.1) is 0 Å². The van der Waals surface area contributed by atoms with E-state index in [4.69, 9.17) is 0 Å². The summed E-state index contributed by atoms with van der Waals surface area (Å²) >= 11 is 0. The third-order valence-electron chi connectivity index (χ3n) is 2.68. The fourth-order valence-corrected chi connectivity index (χ4v) is 1.36. The van der Waals surface area contributed by atoms with E-state index in [0.717, 1.165) is 12.0 Å². The summed E-state index contributed by atoms with van der Waals surface area (Å²) < 4.78 is 0. The average Bonchev–Trinajstić information content (AvgIpc) is 2.38. The molecule has 0 aliphatic rings. The predicted octanol–water partition coefficient (Wildman–Crippen LogP) is 4.15. The minimum absolute atomic E-state index is 0.0975. The molecule has 1 rings (SSSR count). The molecule has 0 saturated carbocycles. The second-order valence-electron chi connectivity index (χ2n) is 4.77. The van der Waals surface area contributed by atoms with Gasteiger partial charge in [0.15, 0.2) is 0 Å². The summed E-state index contributed by atoms with van der Waals surface area (Å²) in [4.78, 5) is 13.7. The van der Waals surface area contributed by atoms with Crippen LogP contribution in [0.3, 0.4) is 0 Å². The number of nitrogens with zero attached hydrogens (tertiary/aromatic N) is 1. The molecule has 2 heteroatoms. The van der Waals surface area contributed by atoms with Gasteiger partial charge in [-0.25, -0.2) is 0 Å². The lowest BCUT2D eigenvalue weighted by Crippen LogP contribution is -2.32. The van der Waals surface area contributed by atoms with Crippen molar-refractivity contribution in [2.24, 2.45) is 0 Å². The molecular weight excluding hydrogens is 222 g/mol. The predicted molar refractivity (Wildman–Crippen MR) is 79.0 cm³/mol. The molecule has 0 fully saturated rings. The second-order valence-corrected chi connectivity index (χ2v) is 4.77. The van der Waals surface area contributed by atoms with Gasteiger partial charge in [-0.2, -0.15) is 0 Å². The Morgan fingerprint density at radius 1 is 1.22 bits per heavy atom. The molecule has 0 aliphatic carbocycles. The molecule has 1 aromatic carbocycles. The zero-order valence-corrected chi connectivity index (χ0v) is 12.7. The van der Waals surface area contributed by atoms with Crippen LogP contribution in [0.4, 0.5) is 0 Å². The van der Waals surface area contributed by atoms with Crippen molar-refractivity contribution in [2.45, 2.75) is 53.5 Å². The van der Waals surface area contributed by atoms with Gasteiger partial charge in [0.05, 0.1) is 0 Å². The Labute approximate surface area is 112 Å². The number of benzene rings is 1. The van der Waals surface area contributed by atoms with E-state index in [1.807, 2.05) is 45.2 Å². The number of carbonyl (C=O) groups is 1. The minimum atomic E-state index is 0.0975. The van der Waals surface area contributed by atoms with Gasteiger partial charge in [-0.3, -0.25) is 4.79 Å². The topological polar surface area (TPSA) is 20.3 Å². The number of rotatable bonds is 3. The third-order valence-corrected chi connectivity index (χ3v) is 2.68. The molecule has 0 N–H and O–H groups in total. The lowest BCUT2D eigenvalue weighted by molar-refractivity contribution is 0.0755. The summed E-state index contributed by atoms with van der Waals surface area (Å²) in [5.41, 5.74) is 1.99. The number of aryl methyl sites for hydroxylation is 1. The Kier molecular flexibility index (Phi) is 8.10. The van der Waals surface area contributed by atoms with E-state index >= 15 is 0 Å². The number of amides is 1. The summed E-state index contributed by atoms with van der Waals surface area (Å²) in [6.45, 7) is 10.4. The Bertz CT molecular complexity index is 358. The normalized spacial score (nSPS) is 9.72. The Morgan fingerprint density at radius 3 is 2.22 bits per heavy atom. The second kappa shape index (κ2) is 8.73. The average molecular weight is 249 g/mol. The first-order chi connectivity index (χ1) is 8.47. The molecule has 0 heterocycles. The van der Waals surface area contributed by atoms with E-state index in [1.54, 1.807) is 4.90 Å². The third kappa shape index (κ3) is 5.35. The summed E-state index contributed by atoms with van der Waals surface area (Å²) in [7, 11) is 1.84. The number of hydrogen-bond donors (Lipinski definition) is 0. The monoisotopic (exact) mass is 249 g/mol. The van der Waals surface area contributed by atoms with Gasteiger partial charge < -0.3 is 4.90 Å². The van der Waals surface area contributed by atoms with Gasteiger partial charge in [0.1, 0.15) is 0 Å². The fourth-order valence-electron chi connectivity index (χ4n) is 1.36. The SMILES string of the molecule is CCC.CCc1cccc(C(=O)N(C)C(C)C)c1. The highest BCUT2D eigenvalue weighted by Crippen LogP contribution is 2.09. The quantitative estimate of drug-likeness (QED) is 0.788. The lowest BCUT2D eigenvalue weighted by Gasteiger charge is -2.21. The van der Waals surface area contributed by atoms with Crippen LogP contribution < -0.4 is 0 Å². The molecular formula is C16H27NO. The van der Waals surface area contributed by atoms with Gasteiger partial charge >= 0.3 is 0 Å². The van der Waals surface area contributed by atoms with Crippen LogP contribution in [0.15, 0.2) is 24.3 Å². The lowest BCUT2D eigenvalue weighted by atomic mass is 10.1. The molecule has 102 valence electrons. The summed E-state index contributed by atoms with van der Waals surface area (Å²) in [5, 5.41) is 0. The molecule has 0 aromatic heterocycles. The summed E-state index contributed by atoms with van der Waals surface area (Å²) in [6, 6.07) is 8.08. The van der Waals surface area contributed by atoms with Crippen molar-refractivity contribution in [3.63, 3.8) is 0 Å². The van der Waals surface area contributed by atoms with Crippen LogP contribution in [-0.2, 0) is 6.42 Å². The first-order valence-electron chi connectivity index (χ1n) is 6.83. The van der Waals surface area contributed by atoms with Crippen LogP contribution in [0.1, 0.15) is 57.0 Å². The van der Waals surface area contributed by atoms with Gasteiger partial charge in [0.25, 0.3) is 5.91 Å². The smallest absolute Gasteiger partial charge is 0.253 e. The zero-order chi connectivity index (χ0) is 14.1. The fraction of sp³-hybridized carbons (Fsp3) is 0.562. The van der Waals surface area contributed by atoms with E-state index in [-0.39, 0.29) is 11.9 Å². The van der Waals surface area contributed by atoms with Gasteiger partial charge in [0.2, 0.25) is 0 Å². The first kappa shape index (κ1) is 16.7.